The Bertz CT molecular complexity index is 933. The van der Waals surface area contributed by atoms with Gasteiger partial charge < -0.3 is 15.0 Å². The highest BCUT2D eigenvalue weighted by molar-refractivity contribution is 7.13. The maximum absolute atomic E-state index is 13.1. The number of aromatic nitrogens is 1. The molecule has 9 heteroatoms. The number of hydrogen-bond acceptors (Lipinski definition) is 6. The summed E-state index contributed by atoms with van der Waals surface area (Å²) in [4.78, 5) is 33.9. The number of ether oxygens (including phenoxy) is 1. The Balaban J connectivity index is 1.25. The average molecular weight is 461 g/mol. The second-order valence-corrected chi connectivity index (χ2v) is 9.52. The number of anilines is 1. The first-order valence-corrected chi connectivity index (χ1v) is 11.9. The molecule has 172 valence electrons. The van der Waals surface area contributed by atoms with Crippen LogP contribution in [0.5, 0.6) is 0 Å². The van der Waals surface area contributed by atoms with Gasteiger partial charge in [-0.3, -0.25) is 14.5 Å². The van der Waals surface area contributed by atoms with Crippen molar-refractivity contribution in [3.63, 3.8) is 0 Å². The predicted molar refractivity (Wildman–Crippen MR) is 121 cm³/mol. The molecule has 2 aromatic rings. The molecule has 2 amide bonds. The Morgan fingerprint density at radius 3 is 2.47 bits per heavy atom. The summed E-state index contributed by atoms with van der Waals surface area (Å²) < 4.78 is 18.9. The fourth-order valence-corrected chi connectivity index (χ4v) is 5.11. The highest BCUT2D eigenvalue weighted by atomic mass is 32.1. The van der Waals surface area contributed by atoms with E-state index in [1.165, 1.54) is 35.6 Å². The molecule has 1 aromatic carbocycles. The molecule has 4 rings (SSSR count). The molecule has 0 aliphatic carbocycles. The number of piperidine rings is 1. The average Bonchev–Trinajstić information content (AvgIpc) is 3.19. The SMILES string of the molecule is C[C@@H]1CN(Cc2csc(NC(=O)C3CCN(C(=O)c4ccc(F)cc4)CC3)n2)C[C@@H](C)O1. The number of benzene rings is 1. The molecule has 3 heterocycles. The standard InChI is InChI=1S/C23H29FN4O3S/c1-15-11-27(12-16(2)31-15)13-20-14-32-23(25-20)26-21(29)17-7-9-28(10-8-17)22(30)18-3-5-19(24)6-4-18/h3-6,14-17H,7-13H2,1-2H3,(H,25,26,29)/t15-,16-/m1/s1. The molecule has 0 saturated carbocycles. The number of morpholine rings is 1. The van der Waals surface area contributed by atoms with Crippen LogP contribution in [0.1, 0.15) is 42.7 Å². The van der Waals surface area contributed by atoms with E-state index in [9.17, 15) is 14.0 Å². The van der Waals surface area contributed by atoms with Gasteiger partial charge in [-0.05, 0) is 51.0 Å². The molecule has 1 N–H and O–H groups in total. The number of likely N-dealkylation sites (tertiary alicyclic amines) is 1. The van der Waals surface area contributed by atoms with E-state index >= 15 is 0 Å². The van der Waals surface area contributed by atoms with E-state index in [4.69, 9.17) is 4.74 Å². The number of thiazole rings is 1. The van der Waals surface area contributed by atoms with Gasteiger partial charge in [-0.15, -0.1) is 11.3 Å². The van der Waals surface area contributed by atoms with Gasteiger partial charge in [0.2, 0.25) is 5.91 Å². The lowest BCUT2D eigenvalue weighted by Crippen LogP contribution is -2.44. The van der Waals surface area contributed by atoms with Gasteiger partial charge in [0.25, 0.3) is 5.91 Å². The first-order chi connectivity index (χ1) is 15.4. The number of nitrogens with zero attached hydrogens (tertiary/aromatic N) is 3. The second kappa shape index (κ2) is 10.1. The van der Waals surface area contributed by atoms with Crippen molar-refractivity contribution in [1.29, 1.82) is 0 Å². The van der Waals surface area contributed by atoms with Crippen molar-refractivity contribution in [2.45, 2.75) is 45.4 Å². The summed E-state index contributed by atoms with van der Waals surface area (Å²) in [7, 11) is 0. The fraction of sp³-hybridized carbons (Fsp3) is 0.522. The first-order valence-electron chi connectivity index (χ1n) is 11.1. The fourth-order valence-electron chi connectivity index (χ4n) is 4.41. The molecular weight excluding hydrogens is 431 g/mol. The van der Waals surface area contributed by atoms with Crippen LogP contribution in [-0.2, 0) is 16.1 Å². The summed E-state index contributed by atoms with van der Waals surface area (Å²) in [5.74, 6) is -0.689. The van der Waals surface area contributed by atoms with Crippen LogP contribution in [0.15, 0.2) is 29.6 Å². The van der Waals surface area contributed by atoms with Gasteiger partial charge in [0, 0.05) is 49.6 Å². The van der Waals surface area contributed by atoms with Gasteiger partial charge in [0.15, 0.2) is 5.13 Å². The monoisotopic (exact) mass is 460 g/mol. The lowest BCUT2D eigenvalue weighted by atomic mass is 9.95. The summed E-state index contributed by atoms with van der Waals surface area (Å²) in [6.45, 7) is 7.66. The van der Waals surface area contributed by atoms with Gasteiger partial charge in [-0.25, -0.2) is 9.37 Å². The summed E-state index contributed by atoms with van der Waals surface area (Å²) in [6, 6.07) is 5.56. The Labute approximate surface area is 191 Å². The van der Waals surface area contributed by atoms with E-state index in [1.807, 2.05) is 5.38 Å². The third-order valence-corrected chi connectivity index (χ3v) is 6.71. The minimum absolute atomic E-state index is 0.0478. The van der Waals surface area contributed by atoms with Crippen LogP contribution in [0.2, 0.25) is 0 Å². The third-order valence-electron chi connectivity index (χ3n) is 5.91. The number of hydrogen-bond donors (Lipinski definition) is 1. The van der Waals surface area contributed by atoms with Crippen molar-refractivity contribution in [3.05, 3.63) is 46.7 Å². The molecular formula is C23H29FN4O3S. The number of carbonyl (C=O) groups is 2. The topological polar surface area (TPSA) is 74.8 Å². The Morgan fingerprint density at radius 2 is 1.81 bits per heavy atom. The Kier molecular flexibility index (Phi) is 7.17. The number of halogens is 1. The minimum Gasteiger partial charge on any atom is -0.373 e. The minimum atomic E-state index is -0.365. The molecule has 2 fully saturated rings. The van der Waals surface area contributed by atoms with Crippen molar-refractivity contribution in [2.75, 3.05) is 31.5 Å². The molecule has 2 aliphatic heterocycles. The molecule has 2 aliphatic rings. The summed E-state index contributed by atoms with van der Waals surface area (Å²) in [6.07, 6.45) is 1.61. The zero-order valence-corrected chi connectivity index (χ0v) is 19.2. The Hall–Kier alpha value is -2.36. The number of carbonyl (C=O) groups excluding carboxylic acids is 2. The predicted octanol–water partition coefficient (Wildman–Crippen LogP) is 3.38. The molecule has 32 heavy (non-hydrogen) atoms. The first kappa shape index (κ1) is 22.8. The zero-order chi connectivity index (χ0) is 22.7. The Morgan fingerprint density at radius 1 is 1.16 bits per heavy atom. The van der Waals surface area contributed by atoms with Crippen molar-refractivity contribution < 1.29 is 18.7 Å². The lowest BCUT2D eigenvalue weighted by molar-refractivity contribution is -0.121. The maximum atomic E-state index is 13.1. The quantitative estimate of drug-likeness (QED) is 0.741. The van der Waals surface area contributed by atoms with Crippen molar-refractivity contribution in [3.8, 4) is 0 Å². The van der Waals surface area contributed by atoms with Gasteiger partial charge in [-0.1, -0.05) is 0 Å². The van der Waals surface area contributed by atoms with Gasteiger partial charge in [0.1, 0.15) is 5.82 Å². The summed E-state index contributed by atoms with van der Waals surface area (Å²) >= 11 is 1.44. The molecule has 0 unspecified atom stereocenters. The molecule has 2 atom stereocenters. The van der Waals surface area contributed by atoms with E-state index < -0.39 is 0 Å². The van der Waals surface area contributed by atoms with Crippen LogP contribution in [0, 0.1) is 11.7 Å². The third kappa shape index (κ3) is 5.70. The van der Waals surface area contributed by atoms with E-state index in [1.54, 1.807) is 4.90 Å². The summed E-state index contributed by atoms with van der Waals surface area (Å²) in [5, 5.41) is 5.55. The number of amides is 2. The smallest absolute Gasteiger partial charge is 0.253 e. The molecule has 1 aromatic heterocycles. The van der Waals surface area contributed by atoms with Crippen LogP contribution in [-0.4, -0.2) is 65.0 Å². The van der Waals surface area contributed by atoms with Gasteiger partial charge in [0.05, 0.1) is 17.9 Å². The molecule has 0 radical (unpaired) electrons. The molecule has 0 spiro atoms. The number of rotatable bonds is 5. The van der Waals surface area contributed by atoms with Gasteiger partial charge in [-0.2, -0.15) is 0 Å². The summed E-state index contributed by atoms with van der Waals surface area (Å²) in [5.41, 5.74) is 1.42. The van der Waals surface area contributed by atoms with E-state index in [0.717, 1.165) is 25.3 Å². The van der Waals surface area contributed by atoms with E-state index in [-0.39, 0.29) is 35.8 Å². The lowest BCUT2D eigenvalue weighted by Gasteiger charge is -2.34. The number of nitrogens with one attached hydrogen (secondary N) is 1. The van der Waals surface area contributed by atoms with Crippen molar-refractivity contribution in [1.82, 2.24) is 14.8 Å². The molecule has 2 saturated heterocycles. The van der Waals surface area contributed by atoms with Crippen LogP contribution in [0.25, 0.3) is 0 Å². The van der Waals surface area contributed by atoms with Crippen LogP contribution < -0.4 is 5.32 Å². The van der Waals surface area contributed by atoms with Gasteiger partial charge >= 0.3 is 0 Å². The highest BCUT2D eigenvalue weighted by Crippen LogP contribution is 2.23. The van der Waals surface area contributed by atoms with Crippen molar-refractivity contribution >= 4 is 28.3 Å². The van der Waals surface area contributed by atoms with Crippen LogP contribution in [0.3, 0.4) is 0 Å². The van der Waals surface area contributed by atoms with Crippen LogP contribution >= 0.6 is 11.3 Å². The highest BCUT2D eigenvalue weighted by Gasteiger charge is 2.28. The normalized spacial score (nSPS) is 22.7. The molecule has 0 bridgehead atoms. The largest absolute Gasteiger partial charge is 0.373 e. The maximum Gasteiger partial charge on any atom is 0.253 e. The molecule has 7 nitrogen and oxygen atoms in total. The second-order valence-electron chi connectivity index (χ2n) is 8.66. The van der Waals surface area contributed by atoms with E-state index in [2.05, 4.69) is 29.0 Å². The zero-order valence-electron chi connectivity index (χ0n) is 18.4. The van der Waals surface area contributed by atoms with Crippen molar-refractivity contribution in [2.24, 2.45) is 5.92 Å². The van der Waals surface area contributed by atoms with E-state index in [0.29, 0.717) is 36.6 Å². The van der Waals surface area contributed by atoms with Crippen LogP contribution in [0.4, 0.5) is 9.52 Å².